The number of ketones is 1. The van der Waals surface area contributed by atoms with Gasteiger partial charge in [0.15, 0.2) is 5.78 Å². The molecule has 148 valence electrons. The van der Waals surface area contributed by atoms with Gasteiger partial charge in [-0.25, -0.2) is 9.37 Å². The number of amides is 1. The van der Waals surface area contributed by atoms with Crippen molar-refractivity contribution >= 4 is 17.5 Å². The molecule has 3 aromatic rings. The summed E-state index contributed by atoms with van der Waals surface area (Å²) in [4.78, 5) is 27.0. The number of nitrogens with zero attached hydrogens (tertiary/aromatic N) is 1. The van der Waals surface area contributed by atoms with Crippen LogP contribution in [0.15, 0.2) is 54.7 Å². The molecule has 0 spiro atoms. The molecular formula is C23H21FN2O3. The van der Waals surface area contributed by atoms with E-state index in [1.807, 2.05) is 0 Å². The average Bonchev–Trinajstić information content (AvgIpc) is 2.70. The van der Waals surface area contributed by atoms with Gasteiger partial charge in [-0.15, -0.1) is 0 Å². The summed E-state index contributed by atoms with van der Waals surface area (Å²) in [6.07, 6.45) is 1.92. The molecule has 1 N–H and O–H groups in total. The summed E-state index contributed by atoms with van der Waals surface area (Å²) < 4.78 is 20.8. The maximum absolute atomic E-state index is 15.4. The van der Waals surface area contributed by atoms with Crippen LogP contribution < -0.4 is 10.1 Å². The predicted molar refractivity (Wildman–Crippen MR) is 110 cm³/mol. The van der Waals surface area contributed by atoms with Gasteiger partial charge in [0, 0.05) is 25.1 Å². The molecule has 0 aliphatic heterocycles. The van der Waals surface area contributed by atoms with Crippen LogP contribution in [-0.2, 0) is 11.2 Å². The molecule has 0 fully saturated rings. The van der Waals surface area contributed by atoms with E-state index in [0.717, 1.165) is 5.56 Å². The number of rotatable bonds is 6. The zero-order valence-electron chi connectivity index (χ0n) is 16.5. The fraction of sp³-hybridized carbons (Fsp3) is 0.174. The molecular weight excluding hydrogens is 371 g/mol. The summed E-state index contributed by atoms with van der Waals surface area (Å²) in [5.41, 5.74) is 2.67. The van der Waals surface area contributed by atoms with Crippen molar-refractivity contribution in [1.29, 1.82) is 0 Å². The Morgan fingerprint density at radius 2 is 1.90 bits per heavy atom. The van der Waals surface area contributed by atoms with Gasteiger partial charge in [0.05, 0.1) is 12.7 Å². The van der Waals surface area contributed by atoms with E-state index in [1.54, 1.807) is 54.7 Å². The maximum Gasteiger partial charge on any atom is 0.222 e. The van der Waals surface area contributed by atoms with Crippen molar-refractivity contribution in [2.75, 3.05) is 12.4 Å². The number of pyridine rings is 1. The molecule has 1 aromatic heterocycles. The second-order valence-electron chi connectivity index (χ2n) is 6.66. The van der Waals surface area contributed by atoms with Crippen molar-refractivity contribution in [3.63, 3.8) is 0 Å². The Labute approximate surface area is 168 Å². The van der Waals surface area contributed by atoms with E-state index < -0.39 is 5.82 Å². The number of aromatic nitrogens is 1. The summed E-state index contributed by atoms with van der Waals surface area (Å²) in [7, 11) is 1.48. The first-order valence-corrected chi connectivity index (χ1v) is 9.08. The molecule has 0 radical (unpaired) electrons. The van der Waals surface area contributed by atoms with E-state index in [0.29, 0.717) is 40.2 Å². The molecule has 3 rings (SSSR count). The summed E-state index contributed by atoms with van der Waals surface area (Å²) in [6.45, 7) is 2.88. The normalized spacial score (nSPS) is 10.5. The first-order chi connectivity index (χ1) is 13.9. The smallest absolute Gasteiger partial charge is 0.222 e. The largest absolute Gasteiger partial charge is 0.496 e. The van der Waals surface area contributed by atoms with Crippen molar-refractivity contribution in [2.45, 2.75) is 20.3 Å². The summed E-state index contributed by atoms with van der Waals surface area (Å²) >= 11 is 0. The van der Waals surface area contributed by atoms with Crippen LogP contribution in [0.25, 0.3) is 11.1 Å². The van der Waals surface area contributed by atoms with Gasteiger partial charge in [-0.3, -0.25) is 9.59 Å². The minimum atomic E-state index is -0.406. The highest BCUT2D eigenvalue weighted by atomic mass is 19.1. The molecule has 0 unspecified atom stereocenters. The summed E-state index contributed by atoms with van der Waals surface area (Å²) in [5, 5.41) is 2.60. The summed E-state index contributed by atoms with van der Waals surface area (Å²) in [6, 6.07) is 13.7. The minimum absolute atomic E-state index is 0.0901. The van der Waals surface area contributed by atoms with E-state index in [-0.39, 0.29) is 11.7 Å². The average molecular weight is 392 g/mol. The third-order valence-corrected chi connectivity index (χ3v) is 4.48. The van der Waals surface area contributed by atoms with Crippen LogP contribution in [0.5, 0.6) is 5.75 Å². The number of methoxy groups -OCH3 is 1. The topological polar surface area (TPSA) is 68.3 Å². The maximum atomic E-state index is 15.4. The molecule has 1 heterocycles. The molecule has 29 heavy (non-hydrogen) atoms. The highest BCUT2D eigenvalue weighted by Gasteiger charge is 2.17. The number of halogens is 1. The van der Waals surface area contributed by atoms with Crippen molar-refractivity contribution < 1.29 is 18.7 Å². The van der Waals surface area contributed by atoms with Gasteiger partial charge in [0.2, 0.25) is 5.91 Å². The Hall–Kier alpha value is -3.54. The lowest BCUT2D eigenvalue weighted by molar-refractivity contribution is -0.114. The van der Waals surface area contributed by atoms with Crippen molar-refractivity contribution in [2.24, 2.45) is 0 Å². The van der Waals surface area contributed by atoms with Gasteiger partial charge in [0.1, 0.15) is 17.4 Å². The second kappa shape index (κ2) is 8.65. The van der Waals surface area contributed by atoms with E-state index in [4.69, 9.17) is 4.74 Å². The van der Waals surface area contributed by atoms with Crippen LogP contribution >= 0.6 is 0 Å². The zero-order valence-corrected chi connectivity index (χ0v) is 16.5. The lowest BCUT2D eigenvalue weighted by atomic mass is 9.96. The highest BCUT2D eigenvalue weighted by Crippen LogP contribution is 2.35. The Balaban J connectivity index is 1.98. The lowest BCUT2D eigenvalue weighted by Gasteiger charge is -2.14. The van der Waals surface area contributed by atoms with Crippen LogP contribution in [0.1, 0.15) is 35.3 Å². The van der Waals surface area contributed by atoms with Crippen LogP contribution in [0.4, 0.5) is 10.2 Å². The van der Waals surface area contributed by atoms with Gasteiger partial charge in [0.25, 0.3) is 0 Å². The molecule has 0 saturated carbocycles. The van der Waals surface area contributed by atoms with Gasteiger partial charge < -0.3 is 10.1 Å². The number of carbonyl (C=O) groups is 2. The van der Waals surface area contributed by atoms with Gasteiger partial charge in [-0.2, -0.15) is 0 Å². The van der Waals surface area contributed by atoms with E-state index in [1.165, 1.54) is 21.0 Å². The van der Waals surface area contributed by atoms with E-state index in [9.17, 15) is 9.59 Å². The number of ether oxygens (including phenoxy) is 1. The van der Waals surface area contributed by atoms with Gasteiger partial charge >= 0.3 is 0 Å². The quantitative estimate of drug-likeness (QED) is 0.620. The number of benzene rings is 2. The fourth-order valence-electron chi connectivity index (χ4n) is 3.07. The monoisotopic (exact) mass is 392 g/mol. The molecule has 0 aliphatic rings. The molecule has 2 aromatic carbocycles. The SMILES string of the molecule is COc1ccc(Cc2ccc(NC(C)=O)nc2)c(F)c1-c1cccc(C(C)=O)c1. The van der Waals surface area contributed by atoms with E-state index in [2.05, 4.69) is 10.3 Å². The second-order valence-corrected chi connectivity index (χ2v) is 6.66. The Kier molecular flexibility index (Phi) is 6.02. The van der Waals surface area contributed by atoms with Crippen molar-refractivity contribution in [3.05, 3.63) is 77.2 Å². The Bertz CT molecular complexity index is 1060. The first-order valence-electron chi connectivity index (χ1n) is 9.08. The molecule has 0 saturated heterocycles. The fourth-order valence-corrected chi connectivity index (χ4v) is 3.07. The molecule has 0 atom stereocenters. The standard InChI is InChI=1S/C23H21FN2O3/c1-14(27)17-5-4-6-18(12-17)22-20(29-3)9-8-19(23(22)24)11-16-7-10-21(25-13-16)26-15(2)28/h4-10,12-13H,11H2,1-3H3,(H,25,26,28). The lowest BCUT2D eigenvalue weighted by Crippen LogP contribution is -2.07. The van der Waals surface area contributed by atoms with Crippen LogP contribution in [0.3, 0.4) is 0 Å². The molecule has 5 nitrogen and oxygen atoms in total. The number of Topliss-reactive ketones (excluding diaryl/α,β-unsaturated/α-hetero) is 1. The molecule has 0 aliphatic carbocycles. The molecule has 1 amide bonds. The van der Waals surface area contributed by atoms with E-state index >= 15 is 4.39 Å². The Morgan fingerprint density at radius 1 is 1.10 bits per heavy atom. The van der Waals surface area contributed by atoms with Crippen LogP contribution in [-0.4, -0.2) is 23.8 Å². The summed E-state index contributed by atoms with van der Waals surface area (Å²) in [5.74, 6) is 0.136. The van der Waals surface area contributed by atoms with Gasteiger partial charge in [-0.1, -0.05) is 30.3 Å². The Morgan fingerprint density at radius 3 is 2.52 bits per heavy atom. The number of hydrogen-bond donors (Lipinski definition) is 1. The van der Waals surface area contributed by atoms with Crippen LogP contribution in [0, 0.1) is 5.82 Å². The highest BCUT2D eigenvalue weighted by molar-refractivity contribution is 5.95. The number of nitrogens with one attached hydrogen (secondary N) is 1. The number of anilines is 1. The predicted octanol–water partition coefficient (Wildman–Crippen LogP) is 4.65. The first kappa shape index (κ1) is 20.2. The third-order valence-electron chi connectivity index (χ3n) is 4.48. The molecule has 6 heteroatoms. The van der Waals surface area contributed by atoms with Crippen molar-refractivity contribution in [1.82, 2.24) is 4.98 Å². The van der Waals surface area contributed by atoms with Gasteiger partial charge in [-0.05, 0) is 41.8 Å². The molecule has 0 bridgehead atoms. The van der Waals surface area contributed by atoms with Crippen LogP contribution in [0.2, 0.25) is 0 Å². The minimum Gasteiger partial charge on any atom is -0.496 e. The zero-order chi connectivity index (χ0) is 21.0. The number of carbonyl (C=O) groups excluding carboxylic acids is 2. The van der Waals surface area contributed by atoms with Crippen molar-refractivity contribution in [3.8, 4) is 16.9 Å². The number of hydrogen-bond acceptors (Lipinski definition) is 4. The third kappa shape index (κ3) is 4.66.